The minimum absolute atomic E-state index is 0.0298. The lowest BCUT2D eigenvalue weighted by atomic mass is 10.2. The van der Waals surface area contributed by atoms with E-state index < -0.39 is 28.4 Å². The largest absolute Gasteiger partial charge is 0.451 e. The molecule has 1 aromatic heterocycles. The fraction of sp³-hybridized carbons (Fsp3) is 0.158. The summed E-state index contributed by atoms with van der Waals surface area (Å²) in [5.74, 6) is -1.31. The highest BCUT2D eigenvalue weighted by atomic mass is 32.2. The predicted molar refractivity (Wildman–Crippen MR) is 103 cm³/mol. The first kappa shape index (κ1) is 19.6. The molecule has 2 amide bonds. The zero-order valence-electron chi connectivity index (χ0n) is 15.3. The summed E-state index contributed by atoms with van der Waals surface area (Å²) < 4.78 is 31.3. The van der Waals surface area contributed by atoms with Crippen molar-refractivity contribution < 1.29 is 22.4 Å². The third kappa shape index (κ3) is 4.21. The molecule has 0 fully saturated rings. The molecule has 2 N–H and O–H groups in total. The van der Waals surface area contributed by atoms with E-state index in [4.69, 9.17) is 4.42 Å². The Morgan fingerprint density at radius 3 is 2.39 bits per heavy atom. The Labute approximate surface area is 162 Å². The van der Waals surface area contributed by atoms with Crippen LogP contribution in [0.3, 0.4) is 0 Å². The van der Waals surface area contributed by atoms with Crippen LogP contribution in [0.5, 0.6) is 0 Å². The highest BCUT2D eigenvalue weighted by Crippen LogP contribution is 2.18. The second-order valence-electron chi connectivity index (χ2n) is 6.22. The minimum Gasteiger partial charge on any atom is -0.451 e. The fourth-order valence-corrected chi connectivity index (χ4v) is 3.63. The number of rotatable bonds is 5. The Morgan fingerprint density at radius 1 is 1.04 bits per heavy atom. The summed E-state index contributed by atoms with van der Waals surface area (Å²) >= 11 is 0. The number of aryl methyl sites for hydroxylation is 1. The van der Waals surface area contributed by atoms with Crippen molar-refractivity contribution in [1.82, 2.24) is 15.2 Å². The van der Waals surface area contributed by atoms with Crippen molar-refractivity contribution in [3.63, 3.8) is 0 Å². The number of carbonyl (C=O) groups excluding carboxylic acids is 2. The number of carbonyl (C=O) groups is 2. The molecule has 2 aromatic carbocycles. The number of nitrogens with one attached hydrogen (secondary N) is 2. The van der Waals surface area contributed by atoms with Crippen LogP contribution in [0.2, 0.25) is 0 Å². The first-order valence-electron chi connectivity index (χ1n) is 8.38. The number of amides is 2. The molecule has 0 unspecified atom stereocenters. The van der Waals surface area contributed by atoms with Gasteiger partial charge in [-0.3, -0.25) is 20.4 Å². The summed E-state index contributed by atoms with van der Waals surface area (Å²) in [6.07, 6.45) is 0. The first-order chi connectivity index (χ1) is 13.3. The maximum absolute atomic E-state index is 12.5. The van der Waals surface area contributed by atoms with E-state index in [2.05, 4.69) is 10.9 Å². The average Bonchev–Trinajstić information content (AvgIpc) is 3.10. The smallest absolute Gasteiger partial charge is 0.305 e. The second kappa shape index (κ2) is 7.83. The normalized spacial score (nSPS) is 11.5. The second-order valence-corrected chi connectivity index (χ2v) is 8.27. The number of sulfonamides is 1. The zero-order chi connectivity index (χ0) is 20.3. The van der Waals surface area contributed by atoms with Gasteiger partial charge in [-0.05, 0) is 31.2 Å². The van der Waals surface area contributed by atoms with Crippen molar-refractivity contribution in [2.24, 2.45) is 0 Å². The number of para-hydroxylation sites is 1. The Kier molecular flexibility index (Phi) is 5.48. The topological polar surface area (TPSA) is 109 Å². The van der Waals surface area contributed by atoms with E-state index in [1.54, 1.807) is 36.4 Å². The molecule has 0 saturated heterocycles. The van der Waals surface area contributed by atoms with E-state index in [1.807, 2.05) is 13.0 Å². The van der Waals surface area contributed by atoms with E-state index >= 15 is 0 Å². The molecule has 0 aliphatic heterocycles. The number of furan rings is 1. The van der Waals surface area contributed by atoms with Crippen molar-refractivity contribution >= 4 is 32.8 Å². The van der Waals surface area contributed by atoms with Gasteiger partial charge in [0, 0.05) is 12.4 Å². The molecule has 0 aliphatic carbocycles. The summed E-state index contributed by atoms with van der Waals surface area (Å²) in [7, 11) is -2.53. The Morgan fingerprint density at radius 2 is 1.71 bits per heavy atom. The Bertz CT molecular complexity index is 1090. The molecule has 0 saturated carbocycles. The van der Waals surface area contributed by atoms with Crippen LogP contribution in [0.15, 0.2) is 63.9 Å². The average molecular weight is 401 g/mol. The number of likely N-dealkylation sites (N-methyl/N-ethyl adjacent to an activating group) is 1. The Balaban J connectivity index is 1.58. The summed E-state index contributed by atoms with van der Waals surface area (Å²) in [4.78, 5) is 24.2. The molecule has 8 nitrogen and oxygen atoms in total. The van der Waals surface area contributed by atoms with Gasteiger partial charge in [-0.15, -0.1) is 0 Å². The molecular weight excluding hydrogens is 382 g/mol. The first-order valence-corrected chi connectivity index (χ1v) is 9.82. The monoisotopic (exact) mass is 401 g/mol. The van der Waals surface area contributed by atoms with Crippen molar-refractivity contribution in [3.05, 3.63) is 65.9 Å². The van der Waals surface area contributed by atoms with E-state index in [9.17, 15) is 18.0 Å². The molecule has 0 radical (unpaired) electrons. The third-order valence-electron chi connectivity index (χ3n) is 4.06. The van der Waals surface area contributed by atoms with Gasteiger partial charge in [0.25, 0.3) is 5.91 Å². The van der Waals surface area contributed by atoms with Crippen molar-refractivity contribution in [1.29, 1.82) is 0 Å². The molecule has 28 heavy (non-hydrogen) atoms. The van der Waals surface area contributed by atoms with E-state index in [0.29, 0.717) is 5.58 Å². The van der Waals surface area contributed by atoms with Crippen LogP contribution in [0.25, 0.3) is 11.0 Å². The van der Waals surface area contributed by atoms with Crippen LogP contribution in [-0.2, 0) is 14.8 Å². The molecule has 0 spiro atoms. The zero-order valence-corrected chi connectivity index (χ0v) is 16.1. The molecule has 0 atom stereocenters. The van der Waals surface area contributed by atoms with Gasteiger partial charge in [-0.1, -0.05) is 35.9 Å². The number of hydrazine groups is 1. The lowest BCUT2D eigenvalue weighted by Gasteiger charge is -2.17. The third-order valence-corrected chi connectivity index (χ3v) is 5.88. The fourth-order valence-electron chi connectivity index (χ4n) is 2.50. The van der Waals surface area contributed by atoms with E-state index in [1.165, 1.54) is 19.2 Å². The van der Waals surface area contributed by atoms with Gasteiger partial charge in [0.1, 0.15) is 5.58 Å². The standard InChI is InChI=1S/C19H19N3O5S/c1-13-7-9-15(10-8-13)28(25,26)22(2)12-18(23)20-21-19(24)17-11-14-5-3-4-6-16(14)27-17/h3-11H,12H2,1-2H3,(H,20,23)(H,21,24). The van der Waals surface area contributed by atoms with Crippen LogP contribution in [0, 0.1) is 6.92 Å². The maximum Gasteiger partial charge on any atom is 0.305 e. The number of benzene rings is 2. The number of hydrogen-bond acceptors (Lipinski definition) is 5. The SMILES string of the molecule is Cc1ccc(S(=O)(=O)N(C)CC(=O)NNC(=O)c2cc3ccccc3o2)cc1. The van der Waals surface area contributed by atoms with Gasteiger partial charge < -0.3 is 4.42 Å². The Hall–Kier alpha value is -3.17. The number of nitrogens with zero attached hydrogens (tertiary/aromatic N) is 1. The predicted octanol–water partition coefficient (Wildman–Crippen LogP) is 1.82. The number of hydrogen-bond donors (Lipinski definition) is 2. The molecule has 146 valence electrons. The van der Waals surface area contributed by atoms with Crippen molar-refractivity contribution in [3.8, 4) is 0 Å². The van der Waals surface area contributed by atoms with Crippen LogP contribution in [-0.4, -0.2) is 38.1 Å². The molecule has 3 aromatic rings. The summed E-state index contributed by atoms with van der Waals surface area (Å²) in [6.45, 7) is 1.38. The minimum atomic E-state index is -3.82. The highest BCUT2D eigenvalue weighted by Gasteiger charge is 2.23. The van der Waals surface area contributed by atoms with Crippen LogP contribution in [0.1, 0.15) is 16.1 Å². The molecular formula is C19H19N3O5S. The van der Waals surface area contributed by atoms with E-state index in [-0.39, 0.29) is 10.7 Å². The van der Waals surface area contributed by atoms with Crippen LogP contribution in [0.4, 0.5) is 0 Å². The maximum atomic E-state index is 12.5. The van der Waals surface area contributed by atoms with Gasteiger partial charge in [0.05, 0.1) is 11.4 Å². The van der Waals surface area contributed by atoms with Gasteiger partial charge in [0.2, 0.25) is 10.0 Å². The van der Waals surface area contributed by atoms with Gasteiger partial charge in [0.15, 0.2) is 5.76 Å². The van der Waals surface area contributed by atoms with Gasteiger partial charge in [-0.2, -0.15) is 4.31 Å². The van der Waals surface area contributed by atoms with Crippen molar-refractivity contribution in [2.75, 3.05) is 13.6 Å². The molecule has 3 rings (SSSR count). The molecule has 1 heterocycles. The highest BCUT2D eigenvalue weighted by molar-refractivity contribution is 7.89. The van der Waals surface area contributed by atoms with Crippen LogP contribution >= 0.6 is 0 Å². The lowest BCUT2D eigenvalue weighted by Crippen LogP contribution is -2.46. The summed E-state index contributed by atoms with van der Waals surface area (Å²) in [6, 6.07) is 14.9. The molecule has 9 heteroatoms. The number of fused-ring (bicyclic) bond motifs is 1. The quantitative estimate of drug-likeness (QED) is 0.634. The summed E-state index contributed by atoms with van der Waals surface area (Å²) in [5.41, 5.74) is 5.86. The van der Waals surface area contributed by atoms with Crippen LogP contribution < -0.4 is 10.9 Å². The molecule has 0 bridgehead atoms. The van der Waals surface area contributed by atoms with E-state index in [0.717, 1.165) is 15.3 Å². The summed E-state index contributed by atoms with van der Waals surface area (Å²) in [5, 5.41) is 0.753. The lowest BCUT2D eigenvalue weighted by molar-refractivity contribution is -0.121. The van der Waals surface area contributed by atoms with Crippen molar-refractivity contribution in [2.45, 2.75) is 11.8 Å². The van der Waals surface area contributed by atoms with Gasteiger partial charge >= 0.3 is 5.91 Å². The molecule has 0 aliphatic rings. The van der Waals surface area contributed by atoms with Gasteiger partial charge in [-0.25, -0.2) is 8.42 Å².